The van der Waals surface area contributed by atoms with E-state index in [9.17, 15) is 0 Å². The smallest absolute Gasteiger partial charge is 0.129 e. The summed E-state index contributed by atoms with van der Waals surface area (Å²) in [6.45, 7) is 2.27. The van der Waals surface area contributed by atoms with Crippen LogP contribution in [0.25, 0.3) is 33.1 Å². The largest absolute Gasteiger partial charge is 0.457 e. The van der Waals surface area contributed by atoms with Crippen molar-refractivity contribution in [2.45, 2.75) is 18.3 Å². The minimum atomic E-state index is -0.705. The molecular weight excluding hydrogens is 646 g/mol. The fourth-order valence-corrected chi connectivity index (χ4v) is 9.29. The second-order valence-electron chi connectivity index (χ2n) is 14.4. The van der Waals surface area contributed by atoms with Gasteiger partial charge in [0.15, 0.2) is 0 Å². The zero-order chi connectivity index (χ0) is 37.2. The monoisotopic (exact) mass is 671 g/mol. The minimum absolute atomic E-state index is 0.0909. The van der Waals surface area contributed by atoms with Crippen LogP contribution >= 0.6 is 0 Å². The van der Waals surface area contributed by atoms with Gasteiger partial charge in [0.1, 0.15) is 66.1 Å². The SMILES string of the molecule is [B]c1c([B])c([B])c2c(oc3c([B])c(N4c5ccc(-c6ccccc6)cc5C5(c6ccccc6)c6ccccc6C(C)c6cccc4c65)c([B])c([B])c32)c1[B]. The Kier molecular flexibility index (Phi) is 7.25. The van der Waals surface area contributed by atoms with Crippen molar-refractivity contribution < 1.29 is 4.42 Å². The molecule has 9 heteroatoms. The van der Waals surface area contributed by atoms with Gasteiger partial charge in [0, 0.05) is 22.4 Å². The number of anilines is 3. The Morgan fingerprint density at radius 3 is 1.85 bits per heavy atom. The minimum Gasteiger partial charge on any atom is -0.457 e. The maximum Gasteiger partial charge on any atom is 0.129 e. The van der Waals surface area contributed by atoms with Gasteiger partial charge >= 0.3 is 0 Å². The molecule has 14 radical (unpaired) electrons. The number of hydrogen-bond acceptors (Lipinski definition) is 2. The molecule has 2 atom stereocenters. The van der Waals surface area contributed by atoms with Gasteiger partial charge in [-0.3, -0.25) is 0 Å². The van der Waals surface area contributed by atoms with E-state index in [1.54, 1.807) is 0 Å². The first-order chi connectivity index (χ1) is 26.2. The molecule has 0 fully saturated rings. The van der Waals surface area contributed by atoms with Crippen LogP contribution in [0.4, 0.5) is 17.1 Å². The van der Waals surface area contributed by atoms with Crippen molar-refractivity contribution in [1.82, 2.24) is 0 Å². The molecular formula is C45H24B7NO. The zero-order valence-electron chi connectivity index (χ0n) is 29.5. The highest BCUT2D eigenvalue weighted by molar-refractivity contribution is 6.69. The molecule has 2 aliphatic rings. The fraction of sp³-hybridized carbons (Fsp3) is 0.0667. The maximum atomic E-state index is 7.25. The van der Waals surface area contributed by atoms with Gasteiger partial charge < -0.3 is 9.32 Å². The molecule has 1 aliphatic carbocycles. The summed E-state index contributed by atoms with van der Waals surface area (Å²) in [5, 5.41) is 0.862. The summed E-state index contributed by atoms with van der Waals surface area (Å²) in [7, 11) is 47.0. The summed E-state index contributed by atoms with van der Waals surface area (Å²) in [5.41, 5.74) is 12.8. The van der Waals surface area contributed by atoms with E-state index in [0.29, 0.717) is 22.0 Å². The molecule has 2 nitrogen and oxygen atoms in total. The molecule has 10 rings (SSSR count). The molecule has 0 saturated heterocycles. The van der Waals surface area contributed by atoms with Crippen LogP contribution in [0, 0.1) is 0 Å². The van der Waals surface area contributed by atoms with Crippen molar-refractivity contribution in [3.05, 3.63) is 155 Å². The van der Waals surface area contributed by atoms with Crippen molar-refractivity contribution in [3.8, 4) is 11.1 Å². The first kappa shape index (κ1) is 33.2. The van der Waals surface area contributed by atoms with Gasteiger partial charge in [-0.05, 0) is 68.2 Å². The number of rotatable bonds is 3. The lowest BCUT2D eigenvalue weighted by atomic mass is 9.55. The molecule has 0 amide bonds. The molecule has 0 saturated carbocycles. The van der Waals surface area contributed by atoms with Gasteiger partial charge in [-0.1, -0.05) is 132 Å². The summed E-state index contributed by atoms with van der Waals surface area (Å²) in [6.07, 6.45) is 0. The third-order valence-corrected chi connectivity index (χ3v) is 11.8. The van der Waals surface area contributed by atoms with Crippen molar-refractivity contribution >= 4 is 132 Å². The molecule has 2 heterocycles. The van der Waals surface area contributed by atoms with E-state index < -0.39 is 5.41 Å². The number of furan rings is 1. The predicted octanol–water partition coefficient (Wildman–Crippen LogP) is 3.44. The standard InChI is InChI=1S/C45H24B7NO/c1-22-26-15-8-9-17-28(26)45(25-13-6-3-7-14-25)29-21-24(23-11-4-2-5-12-23)19-20-30(29)53(31-18-10-16-27(22)34(31)45)42-39(50)36(47)33-32-35(46)37(48)38(49)40(51)43(32)54-44(33)41(42)52/h2-22H,1H3. The summed E-state index contributed by atoms with van der Waals surface area (Å²) in [4.78, 5) is 2.15. The third-order valence-electron chi connectivity index (χ3n) is 11.8. The van der Waals surface area contributed by atoms with Crippen LogP contribution in [0.5, 0.6) is 0 Å². The molecule has 0 bridgehead atoms. The fourth-order valence-electron chi connectivity index (χ4n) is 9.29. The molecule has 0 spiro atoms. The van der Waals surface area contributed by atoms with Gasteiger partial charge in [0.25, 0.3) is 0 Å². The van der Waals surface area contributed by atoms with Crippen LogP contribution in [0.15, 0.2) is 126 Å². The first-order valence-corrected chi connectivity index (χ1v) is 17.9. The summed E-state index contributed by atoms with van der Waals surface area (Å²) in [6, 6.07) is 43.1. The lowest BCUT2D eigenvalue weighted by Crippen LogP contribution is -2.47. The Morgan fingerprint density at radius 2 is 1.11 bits per heavy atom. The van der Waals surface area contributed by atoms with Crippen molar-refractivity contribution in [2.24, 2.45) is 0 Å². The van der Waals surface area contributed by atoms with E-state index in [1.807, 2.05) is 6.07 Å². The Bertz CT molecular complexity index is 2890. The molecule has 54 heavy (non-hydrogen) atoms. The molecule has 236 valence electrons. The number of hydrogen-bond donors (Lipinski definition) is 0. The molecule has 0 N–H and O–H groups in total. The van der Waals surface area contributed by atoms with Gasteiger partial charge in [-0.2, -0.15) is 0 Å². The summed E-state index contributed by atoms with van der Waals surface area (Å²) < 4.78 is 6.45. The van der Waals surface area contributed by atoms with Crippen LogP contribution in [-0.2, 0) is 5.41 Å². The predicted molar refractivity (Wildman–Crippen MR) is 231 cm³/mol. The van der Waals surface area contributed by atoms with Gasteiger partial charge in [0.2, 0.25) is 0 Å². The lowest BCUT2D eigenvalue weighted by Gasteiger charge is -2.51. The zero-order valence-corrected chi connectivity index (χ0v) is 29.5. The van der Waals surface area contributed by atoms with E-state index in [-0.39, 0.29) is 49.7 Å². The van der Waals surface area contributed by atoms with Crippen LogP contribution in [-0.4, -0.2) is 54.9 Å². The van der Waals surface area contributed by atoms with Crippen molar-refractivity contribution in [3.63, 3.8) is 0 Å². The van der Waals surface area contributed by atoms with E-state index in [0.717, 1.165) is 39.2 Å². The molecule has 1 aromatic heterocycles. The Morgan fingerprint density at radius 1 is 0.500 bits per heavy atom. The van der Waals surface area contributed by atoms with Gasteiger partial charge in [0.05, 0.1) is 16.8 Å². The van der Waals surface area contributed by atoms with Crippen LogP contribution in [0.3, 0.4) is 0 Å². The van der Waals surface area contributed by atoms with E-state index in [1.165, 1.54) is 16.7 Å². The van der Waals surface area contributed by atoms with Crippen LogP contribution in [0.2, 0.25) is 0 Å². The Labute approximate surface area is 324 Å². The lowest BCUT2D eigenvalue weighted by molar-refractivity contribution is 0.662. The average molecular weight is 670 g/mol. The van der Waals surface area contributed by atoms with Crippen LogP contribution in [0.1, 0.15) is 46.2 Å². The van der Waals surface area contributed by atoms with E-state index in [4.69, 9.17) is 59.3 Å². The Balaban J connectivity index is 1.38. The topological polar surface area (TPSA) is 16.4 Å². The highest BCUT2D eigenvalue weighted by atomic mass is 16.3. The second kappa shape index (κ2) is 11.8. The normalized spacial score (nSPS) is 17.0. The quantitative estimate of drug-likeness (QED) is 0.268. The highest BCUT2D eigenvalue weighted by Gasteiger charge is 2.52. The van der Waals surface area contributed by atoms with Gasteiger partial charge in [-0.25, -0.2) is 0 Å². The molecule has 2 unspecified atom stereocenters. The Hall–Kier alpha value is -5.41. The van der Waals surface area contributed by atoms with Crippen molar-refractivity contribution in [1.29, 1.82) is 0 Å². The number of benzene rings is 7. The van der Waals surface area contributed by atoms with E-state index in [2.05, 4.69) is 127 Å². The summed E-state index contributed by atoms with van der Waals surface area (Å²) in [5.74, 6) is 0.0909. The third kappa shape index (κ3) is 4.16. The molecule has 7 aromatic carbocycles. The van der Waals surface area contributed by atoms with Gasteiger partial charge in [-0.15, -0.1) is 10.9 Å². The van der Waals surface area contributed by atoms with E-state index >= 15 is 0 Å². The van der Waals surface area contributed by atoms with Crippen LogP contribution < -0.4 is 43.1 Å². The molecule has 8 aromatic rings. The molecule has 1 aliphatic heterocycles. The number of nitrogens with zero attached hydrogens (tertiary/aromatic N) is 1. The average Bonchev–Trinajstić information content (AvgIpc) is 3.63. The first-order valence-electron chi connectivity index (χ1n) is 17.9. The highest BCUT2D eigenvalue weighted by Crippen LogP contribution is 2.63. The summed E-state index contributed by atoms with van der Waals surface area (Å²) >= 11 is 0. The maximum absolute atomic E-state index is 7.25. The number of fused-ring (bicyclic) bond motifs is 7. The van der Waals surface area contributed by atoms with Crippen molar-refractivity contribution in [2.75, 3.05) is 4.90 Å². The second-order valence-corrected chi connectivity index (χ2v) is 14.4.